The summed E-state index contributed by atoms with van der Waals surface area (Å²) in [5.41, 5.74) is 0.807. The van der Waals surface area contributed by atoms with Crippen LogP contribution in [0, 0.1) is 41.4 Å². The fourth-order valence-electron chi connectivity index (χ4n) is 10.9. The quantitative estimate of drug-likeness (QED) is 0.0711. The van der Waals surface area contributed by atoms with Crippen molar-refractivity contribution in [1.82, 2.24) is 15.2 Å². The number of carbonyl (C=O) groups excluding carboxylic acids is 7. The predicted molar refractivity (Wildman–Crippen MR) is 267 cm³/mol. The van der Waals surface area contributed by atoms with Crippen LogP contribution < -0.4 is 0 Å². The average molecular weight is 1050 g/mol. The van der Waals surface area contributed by atoms with Crippen molar-refractivity contribution in [3.63, 3.8) is 0 Å². The molecule has 3 heterocycles. The van der Waals surface area contributed by atoms with E-state index < -0.39 is 108 Å². The van der Waals surface area contributed by atoms with Gasteiger partial charge in [-0.1, -0.05) is 71.1 Å². The molecule has 4 N–H and O–H groups in total. The van der Waals surface area contributed by atoms with Crippen molar-refractivity contribution in [1.29, 1.82) is 0 Å². The summed E-state index contributed by atoms with van der Waals surface area (Å²) in [6.45, 7) is 12.0. The molecule has 20 nitrogen and oxygen atoms in total. The second kappa shape index (κ2) is 28.5. The molecule has 0 spiro atoms. The summed E-state index contributed by atoms with van der Waals surface area (Å²) in [6.07, 6.45) is 7.44. The molecule has 416 valence electrons. The van der Waals surface area contributed by atoms with Crippen molar-refractivity contribution in [2.75, 3.05) is 34.9 Å². The van der Waals surface area contributed by atoms with Crippen LogP contribution in [0.5, 0.6) is 0 Å². The Bertz CT molecular complexity index is 2090. The molecule has 0 radical (unpaired) electrons. The number of piperidine rings is 1. The first-order valence-electron chi connectivity index (χ1n) is 26.0. The number of methoxy groups -OCH3 is 3. The summed E-state index contributed by atoms with van der Waals surface area (Å²) in [6, 6.07) is -2.33. The Morgan fingerprint density at radius 2 is 1.59 bits per heavy atom. The predicted octanol–water partition coefficient (Wildman–Crippen LogP) is 6.03. The van der Waals surface area contributed by atoms with Crippen molar-refractivity contribution in [2.45, 2.75) is 174 Å². The molecule has 4 aliphatic rings. The first kappa shape index (κ1) is 61.9. The van der Waals surface area contributed by atoms with Crippen LogP contribution in [0.25, 0.3) is 0 Å². The molecule has 0 unspecified atom stereocenters. The van der Waals surface area contributed by atoms with Gasteiger partial charge in [0.05, 0.1) is 38.3 Å². The lowest BCUT2D eigenvalue weighted by Gasteiger charge is -2.43. The molecule has 4 rings (SSSR count). The maximum atomic E-state index is 14.5. The molecule has 0 aromatic rings. The summed E-state index contributed by atoms with van der Waals surface area (Å²) < 4.78 is 28.5. The highest BCUT2D eigenvalue weighted by Crippen LogP contribution is 2.39. The Labute approximate surface area is 435 Å². The van der Waals surface area contributed by atoms with Crippen LogP contribution in [-0.2, 0) is 57.3 Å². The first-order chi connectivity index (χ1) is 34.9. The van der Waals surface area contributed by atoms with Gasteiger partial charge in [-0.25, -0.2) is 14.4 Å². The SMILES string of the molecule is COC(=O)N(O)[C@@H]1C[C@@H]2CC[C@@H](C)[C@@](O)(O2)C(=O)C(=O)N2CCCC[C@H]2C(=O)O[C@H]([C@H](C)C[C@@H]2CC[C@@H](C(=O)ON(C)O)[C@H](OC)C2)CC(=O)[C@H](C)/C=C(\C)[C@@H](O)[C@@H](OC)C(=O)[C@H](C)C[C@H](C)\C=C/C=C/C=C/1C. The van der Waals surface area contributed by atoms with Crippen LogP contribution in [0.4, 0.5) is 4.79 Å². The molecule has 0 aromatic heterocycles. The van der Waals surface area contributed by atoms with Crippen molar-refractivity contribution in [2.24, 2.45) is 41.4 Å². The first-order valence-corrected chi connectivity index (χ1v) is 26.0. The zero-order valence-electron chi connectivity index (χ0n) is 45.2. The highest BCUT2D eigenvalue weighted by atomic mass is 16.9. The van der Waals surface area contributed by atoms with Gasteiger partial charge in [0, 0.05) is 51.4 Å². The summed E-state index contributed by atoms with van der Waals surface area (Å²) in [5, 5.41) is 44.9. The number of carbonyl (C=O) groups is 7. The highest BCUT2D eigenvalue weighted by molar-refractivity contribution is 6.39. The van der Waals surface area contributed by atoms with Gasteiger partial charge in [-0.2, -0.15) is 5.06 Å². The number of hydrogen-bond donors (Lipinski definition) is 4. The highest BCUT2D eigenvalue weighted by Gasteiger charge is 2.53. The number of ether oxygens (including phenoxy) is 5. The van der Waals surface area contributed by atoms with Crippen LogP contribution in [0.2, 0.25) is 0 Å². The smallest absolute Gasteiger partial charge is 0.434 e. The van der Waals surface area contributed by atoms with Gasteiger partial charge >= 0.3 is 18.0 Å². The van der Waals surface area contributed by atoms with Crippen LogP contribution in [-0.4, -0.2) is 160 Å². The number of fused-ring (bicyclic) bond motifs is 3. The fraction of sp³-hybridized carbons (Fsp3) is 0.722. The number of allylic oxidation sites excluding steroid dienone is 6. The van der Waals surface area contributed by atoms with Gasteiger partial charge in [0.15, 0.2) is 5.78 Å². The summed E-state index contributed by atoms with van der Waals surface area (Å²) in [7, 11) is 5.09. The molecule has 20 heteroatoms. The maximum absolute atomic E-state index is 14.5. The van der Waals surface area contributed by atoms with Crippen molar-refractivity contribution in [3.8, 4) is 0 Å². The molecule has 2 bridgehead atoms. The zero-order valence-corrected chi connectivity index (χ0v) is 45.2. The maximum Gasteiger partial charge on any atom is 0.434 e. The second-order valence-corrected chi connectivity index (χ2v) is 21.1. The molecule has 2 saturated heterocycles. The average Bonchev–Trinajstić information content (AvgIpc) is 3.36. The molecule has 1 aliphatic carbocycles. The fourth-order valence-corrected chi connectivity index (χ4v) is 10.9. The minimum Gasteiger partial charge on any atom is -0.460 e. The van der Waals surface area contributed by atoms with E-state index in [0.29, 0.717) is 66.4 Å². The van der Waals surface area contributed by atoms with Gasteiger partial charge in [0.1, 0.15) is 30.1 Å². The largest absolute Gasteiger partial charge is 0.460 e. The van der Waals surface area contributed by atoms with E-state index >= 15 is 0 Å². The van der Waals surface area contributed by atoms with E-state index in [1.165, 1.54) is 21.3 Å². The monoisotopic (exact) mass is 1050 g/mol. The molecule has 15 atom stereocenters. The number of aliphatic hydroxyl groups excluding tert-OH is 1. The summed E-state index contributed by atoms with van der Waals surface area (Å²) in [5.74, 6) is -10.8. The van der Waals surface area contributed by atoms with Gasteiger partial charge < -0.3 is 43.6 Å². The normalized spacial score (nSPS) is 36.8. The lowest BCUT2D eigenvalue weighted by atomic mass is 9.75. The second-order valence-electron chi connectivity index (χ2n) is 21.1. The van der Waals surface area contributed by atoms with E-state index in [2.05, 4.69) is 0 Å². The lowest BCUT2D eigenvalue weighted by Crippen LogP contribution is -2.61. The van der Waals surface area contributed by atoms with Gasteiger partial charge in [0.2, 0.25) is 5.79 Å². The Kier molecular flexibility index (Phi) is 23.8. The number of esters is 1. The van der Waals surface area contributed by atoms with E-state index in [9.17, 15) is 54.2 Å². The number of amides is 2. The molecular formula is C54H83N3O17. The van der Waals surface area contributed by atoms with Gasteiger partial charge in [-0.05, 0) is 112 Å². The van der Waals surface area contributed by atoms with E-state index in [-0.39, 0.29) is 62.1 Å². The Morgan fingerprint density at radius 3 is 2.24 bits per heavy atom. The van der Waals surface area contributed by atoms with Gasteiger partial charge in [-0.3, -0.25) is 29.6 Å². The molecule has 3 aliphatic heterocycles. The number of nitrogens with zero attached hydrogens (tertiary/aromatic N) is 3. The summed E-state index contributed by atoms with van der Waals surface area (Å²) in [4.78, 5) is 103. The number of rotatable bonds is 8. The van der Waals surface area contributed by atoms with Gasteiger partial charge in [-0.15, -0.1) is 0 Å². The number of hydroxylamine groups is 4. The lowest BCUT2D eigenvalue weighted by molar-refractivity contribution is -0.306. The van der Waals surface area contributed by atoms with Crippen LogP contribution in [0.3, 0.4) is 0 Å². The Balaban J connectivity index is 1.74. The third-order valence-corrected chi connectivity index (χ3v) is 15.4. The number of aliphatic hydroxyl groups is 2. The minimum atomic E-state index is -2.64. The molecule has 3 fully saturated rings. The number of hydrogen-bond acceptors (Lipinski definition) is 18. The zero-order chi connectivity index (χ0) is 55.2. The summed E-state index contributed by atoms with van der Waals surface area (Å²) >= 11 is 0. The Hall–Kier alpha value is -4.67. The van der Waals surface area contributed by atoms with E-state index in [1.807, 2.05) is 19.9 Å². The van der Waals surface area contributed by atoms with E-state index in [4.69, 9.17) is 28.5 Å². The van der Waals surface area contributed by atoms with Crippen molar-refractivity contribution >= 4 is 41.3 Å². The van der Waals surface area contributed by atoms with Crippen molar-refractivity contribution in [3.05, 3.63) is 47.6 Å². The Morgan fingerprint density at radius 1 is 0.892 bits per heavy atom. The third-order valence-electron chi connectivity index (χ3n) is 15.4. The number of cyclic esters (lactones) is 1. The molecule has 1 saturated carbocycles. The van der Waals surface area contributed by atoms with E-state index in [1.54, 1.807) is 65.0 Å². The van der Waals surface area contributed by atoms with E-state index in [0.717, 1.165) is 12.0 Å². The number of Topliss-reactive ketones (excluding diaryl/α,β-unsaturated/α-hetero) is 3. The molecule has 74 heavy (non-hydrogen) atoms. The van der Waals surface area contributed by atoms with Gasteiger partial charge in [0.25, 0.3) is 11.7 Å². The molecule has 0 aromatic carbocycles. The topological polar surface area (TPSA) is 266 Å². The standard InChI is InChI=1S/C54H83N3O17/c1-31-17-13-12-14-18-32(2)42(57(68)53(65)71-11)29-39-22-20-37(7)54(66,73-39)49(61)50(62)56-24-16-15-19-41(56)52(64)72-44(34(4)27-38-21-23-40(45(28-38)69-9)51(63)74-55(8)67)30-43(58)33(3)26-36(6)47(60)48(70-10)46(59)35(5)25-31/h12-14,17-18,26,31,33-35,37-42,44-45,47-48,60,66-68H,15-16,19-25,27-30H2,1-11H3/b14-12+,17-13-,32-18+,36-26+/t31-,33-,34-,35-,37-,38+,39+,40-,41+,42-,44+,45-,47-,48+,54-/m1/s1. The van der Waals surface area contributed by atoms with Crippen molar-refractivity contribution < 1.29 is 82.7 Å². The molecular weight excluding hydrogens is 963 g/mol. The minimum absolute atomic E-state index is 0.0208. The number of ketones is 3. The van der Waals surface area contributed by atoms with Crippen LogP contribution in [0.15, 0.2) is 47.6 Å². The molecule has 2 amide bonds. The van der Waals surface area contributed by atoms with Crippen LogP contribution in [0.1, 0.15) is 126 Å². The third kappa shape index (κ3) is 16.2. The van der Waals surface area contributed by atoms with Crippen LogP contribution >= 0.6 is 0 Å².